The minimum Gasteiger partial charge on any atom is -0.756 e. The molecule has 66 heavy (non-hydrogen) atoms. The second-order valence-corrected chi connectivity index (χ2v) is 21.7. The summed E-state index contributed by atoms with van der Waals surface area (Å²) in [6.45, 7) is 4.63. The first kappa shape index (κ1) is 64.5. The molecule has 2 N–H and O–H groups in total. The molecular formula is C57H109N2O6P. The van der Waals surface area contributed by atoms with Gasteiger partial charge in [0.1, 0.15) is 13.2 Å². The lowest BCUT2D eigenvalue weighted by Gasteiger charge is -2.29. The molecule has 0 saturated carbocycles. The quantitative estimate of drug-likeness (QED) is 0.0272. The van der Waals surface area contributed by atoms with Crippen LogP contribution >= 0.6 is 7.82 Å². The van der Waals surface area contributed by atoms with Crippen molar-refractivity contribution >= 4 is 13.7 Å². The van der Waals surface area contributed by atoms with Gasteiger partial charge in [0.15, 0.2) is 0 Å². The smallest absolute Gasteiger partial charge is 0.268 e. The zero-order valence-electron chi connectivity index (χ0n) is 44.1. The topological polar surface area (TPSA) is 108 Å². The van der Waals surface area contributed by atoms with Gasteiger partial charge in [-0.3, -0.25) is 9.36 Å². The fraction of sp³-hybridized carbons (Fsp3) is 0.842. The van der Waals surface area contributed by atoms with E-state index in [4.69, 9.17) is 9.05 Å². The molecule has 0 saturated heterocycles. The first-order valence-corrected chi connectivity index (χ1v) is 29.5. The van der Waals surface area contributed by atoms with Crippen molar-refractivity contribution < 1.29 is 32.9 Å². The molecule has 0 aliphatic carbocycles. The van der Waals surface area contributed by atoms with E-state index in [0.717, 1.165) is 44.9 Å². The van der Waals surface area contributed by atoms with E-state index in [1.807, 2.05) is 27.2 Å². The highest BCUT2D eigenvalue weighted by Crippen LogP contribution is 2.38. The number of nitrogens with zero attached hydrogens (tertiary/aromatic N) is 1. The van der Waals surface area contributed by atoms with Gasteiger partial charge in [0.25, 0.3) is 7.82 Å². The number of carbonyl (C=O) groups excluding carboxylic acids is 1. The van der Waals surface area contributed by atoms with E-state index in [1.165, 1.54) is 193 Å². The van der Waals surface area contributed by atoms with Crippen molar-refractivity contribution in [3.63, 3.8) is 0 Å². The van der Waals surface area contributed by atoms with Crippen LogP contribution in [0, 0.1) is 0 Å². The van der Waals surface area contributed by atoms with Gasteiger partial charge in [0, 0.05) is 6.42 Å². The molecule has 0 fully saturated rings. The fourth-order valence-corrected chi connectivity index (χ4v) is 8.81. The van der Waals surface area contributed by atoms with Crippen LogP contribution < -0.4 is 10.2 Å². The maximum Gasteiger partial charge on any atom is 0.268 e. The lowest BCUT2D eigenvalue weighted by molar-refractivity contribution is -0.870. The molecule has 3 atom stereocenters. The summed E-state index contributed by atoms with van der Waals surface area (Å²) in [5.41, 5.74) is 0. The number of rotatable bonds is 51. The number of hydrogen-bond acceptors (Lipinski definition) is 6. The number of allylic oxidation sites excluding steroid dienone is 7. The largest absolute Gasteiger partial charge is 0.756 e. The zero-order chi connectivity index (χ0) is 48.5. The minimum absolute atomic E-state index is 0.00614. The molecule has 0 aliphatic heterocycles. The predicted octanol–water partition coefficient (Wildman–Crippen LogP) is 16.1. The zero-order valence-corrected chi connectivity index (χ0v) is 45.0. The number of carbonyl (C=O) groups is 1. The number of quaternary nitrogens is 1. The summed E-state index contributed by atoms with van der Waals surface area (Å²) in [6.07, 6.45) is 63.3. The summed E-state index contributed by atoms with van der Waals surface area (Å²) in [5, 5.41) is 13.8. The Bertz CT molecular complexity index is 1210. The Morgan fingerprint density at radius 1 is 0.530 bits per heavy atom. The van der Waals surface area contributed by atoms with E-state index in [2.05, 4.69) is 55.6 Å². The van der Waals surface area contributed by atoms with E-state index in [-0.39, 0.29) is 12.5 Å². The lowest BCUT2D eigenvalue weighted by atomic mass is 10.0. The van der Waals surface area contributed by atoms with E-state index in [0.29, 0.717) is 17.4 Å². The van der Waals surface area contributed by atoms with Gasteiger partial charge in [-0.1, -0.05) is 236 Å². The van der Waals surface area contributed by atoms with Gasteiger partial charge in [-0.2, -0.15) is 0 Å². The van der Waals surface area contributed by atoms with Gasteiger partial charge in [-0.25, -0.2) is 0 Å². The van der Waals surface area contributed by atoms with Gasteiger partial charge in [0.05, 0.1) is 39.9 Å². The summed E-state index contributed by atoms with van der Waals surface area (Å²) >= 11 is 0. The van der Waals surface area contributed by atoms with E-state index >= 15 is 0 Å². The summed E-state index contributed by atoms with van der Waals surface area (Å²) in [4.78, 5) is 25.4. The Balaban J connectivity index is 4.14. The fourth-order valence-electron chi connectivity index (χ4n) is 8.08. The highest BCUT2D eigenvalue weighted by Gasteiger charge is 2.23. The molecule has 1 amide bonds. The van der Waals surface area contributed by atoms with Crippen LogP contribution in [0.25, 0.3) is 0 Å². The third kappa shape index (κ3) is 50.3. The molecule has 0 spiro atoms. The highest BCUT2D eigenvalue weighted by atomic mass is 31.2. The van der Waals surface area contributed by atoms with E-state index in [9.17, 15) is 19.4 Å². The Morgan fingerprint density at radius 2 is 0.894 bits per heavy atom. The molecule has 3 unspecified atom stereocenters. The normalized spacial score (nSPS) is 14.3. The third-order valence-corrected chi connectivity index (χ3v) is 13.5. The van der Waals surface area contributed by atoms with Crippen molar-refractivity contribution in [3.05, 3.63) is 48.6 Å². The number of likely N-dealkylation sites (N-methyl/N-ethyl adjacent to an activating group) is 1. The van der Waals surface area contributed by atoms with Crippen LogP contribution in [0.4, 0.5) is 0 Å². The standard InChI is InChI=1S/C57H109N2O6P/c1-6-8-10-12-14-16-18-20-22-23-24-25-26-27-28-29-30-31-32-33-34-35-37-39-41-43-45-47-49-51-57(61)58-55(54-65-66(62,63)64-53-52-59(3,4)5)56(60)50-48-46-44-42-40-38-36-21-19-17-15-13-11-9-7-2/h18,20,23-24,40,42,48,50,55-56,60H,6-17,19,21-22,25-39,41,43-47,49,51-54H2,1-5H3,(H-,58,61,62,63)/b20-18-,24-23-,42-40+,50-48+. The van der Waals surface area contributed by atoms with Crippen LogP contribution in [0.15, 0.2) is 48.6 Å². The third-order valence-electron chi connectivity index (χ3n) is 12.5. The number of aliphatic hydroxyl groups is 1. The van der Waals surface area contributed by atoms with E-state index in [1.54, 1.807) is 6.08 Å². The average Bonchev–Trinajstić information content (AvgIpc) is 3.28. The molecule has 0 aromatic carbocycles. The SMILES string of the molecule is CCCCCCC/C=C\C/C=C\CCCCCCCCCCCCCCCCCCCC(=O)NC(COP(=O)([O-])OCC[N+](C)(C)C)C(O)/C=C/CC/C=C/CCCCCCCCCCC. The first-order chi connectivity index (χ1) is 32.0. The highest BCUT2D eigenvalue weighted by molar-refractivity contribution is 7.45. The van der Waals surface area contributed by atoms with Crippen LogP contribution in [-0.4, -0.2) is 68.5 Å². The monoisotopic (exact) mass is 949 g/mol. The second-order valence-electron chi connectivity index (χ2n) is 20.3. The maximum atomic E-state index is 12.9. The van der Waals surface area contributed by atoms with Crippen LogP contribution in [0.2, 0.25) is 0 Å². The number of hydrogen-bond donors (Lipinski definition) is 2. The molecule has 8 nitrogen and oxygen atoms in total. The molecule has 0 radical (unpaired) electrons. The van der Waals surface area contributed by atoms with Gasteiger partial charge >= 0.3 is 0 Å². The lowest BCUT2D eigenvalue weighted by Crippen LogP contribution is -2.45. The molecule has 0 bridgehead atoms. The average molecular weight is 949 g/mol. The van der Waals surface area contributed by atoms with Crippen molar-refractivity contribution in [2.75, 3.05) is 40.9 Å². The molecule has 0 aliphatic rings. The van der Waals surface area contributed by atoms with Crippen molar-refractivity contribution in [1.82, 2.24) is 5.32 Å². The number of nitrogens with one attached hydrogen (secondary N) is 1. The molecule has 0 rings (SSSR count). The second kappa shape index (κ2) is 48.5. The van der Waals surface area contributed by atoms with Gasteiger partial charge in [-0.15, -0.1) is 0 Å². The van der Waals surface area contributed by atoms with Gasteiger partial charge < -0.3 is 28.8 Å². The van der Waals surface area contributed by atoms with Crippen LogP contribution in [0.3, 0.4) is 0 Å². The Kier molecular flexibility index (Phi) is 47.4. The maximum absolute atomic E-state index is 12.9. The van der Waals surface area contributed by atoms with Crippen LogP contribution in [-0.2, 0) is 18.4 Å². The number of amides is 1. The first-order valence-electron chi connectivity index (χ1n) is 28.0. The molecule has 0 aromatic heterocycles. The number of unbranched alkanes of at least 4 members (excludes halogenated alkanes) is 32. The van der Waals surface area contributed by atoms with Crippen LogP contribution in [0.1, 0.15) is 258 Å². The number of aliphatic hydroxyl groups excluding tert-OH is 1. The van der Waals surface area contributed by atoms with Crippen molar-refractivity contribution in [3.8, 4) is 0 Å². The predicted molar refractivity (Wildman–Crippen MR) is 284 cm³/mol. The van der Waals surface area contributed by atoms with Crippen molar-refractivity contribution in [2.45, 2.75) is 270 Å². The summed E-state index contributed by atoms with van der Waals surface area (Å²) in [6, 6.07) is -0.902. The molecule has 0 heterocycles. The Hall–Kier alpha value is -1.54. The molecule has 388 valence electrons. The molecule has 0 aromatic rings. The Labute approximate surface area is 409 Å². The molecular weight excluding hydrogens is 840 g/mol. The number of phosphoric ester groups is 1. The van der Waals surface area contributed by atoms with Gasteiger partial charge in [-0.05, 0) is 64.2 Å². The summed E-state index contributed by atoms with van der Waals surface area (Å²) in [7, 11) is 1.25. The summed E-state index contributed by atoms with van der Waals surface area (Å²) in [5.74, 6) is -0.206. The van der Waals surface area contributed by atoms with Crippen LogP contribution in [0.5, 0.6) is 0 Å². The minimum atomic E-state index is -4.60. The molecule has 9 heteroatoms. The Morgan fingerprint density at radius 3 is 1.32 bits per heavy atom. The van der Waals surface area contributed by atoms with E-state index < -0.39 is 26.6 Å². The number of phosphoric acid groups is 1. The summed E-state index contributed by atoms with van der Waals surface area (Å²) < 4.78 is 23.3. The van der Waals surface area contributed by atoms with Crippen molar-refractivity contribution in [1.29, 1.82) is 0 Å². The van der Waals surface area contributed by atoms with Crippen molar-refractivity contribution in [2.24, 2.45) is 0 Å². The van der Waals surface area contributed by atoms with Gasteiger partial charge in [0.2, 0.25) is 5.91 Å².